The van der Waals surface area contributed by atoms with E-state index in [1.807, 2.05) is 0 Å². The number of ketones is 2. The first-order valence-corrected chi connectivity index (χ1v) is 6.89. The monoisotopic (exact) mass is 252 g/mol. The summed E-state index contributed by atoms with van der Waals surface area (Å²) in [5, 5.41) is 0. The molecule has 0 N–H and O–H groups in total. The van der Waals surface area contributed by atoms with Crippen LogP contribution in [0.5, 0.6) is 0 Å². The highest BCUT2D eigenvalue weighted by Gasteiger charge is 2.43. The van der Waals surface area contributed by atoms with Gasteiger partial charge in [0.05, 0.1) is 0 Å². The van der Waals surface area contributed by atoms with Crippen molar-refractivity contribution in [2.75, 3.05) is 0 Å². The molecule has 2 fully saturated rings. The minimum Gasteiger partial charge on any atom is -0.451 e. The van der Waals surface area contributed by atoms with Gasteiger partial charge in [0, 0.05) is 32.1 Å². The van der Waals surface area contributed by atoms with Crippen LogP contribution in [0.15, 0.2) is 0 Å². The molecule has 0 aromatic carbocycles. The molecule has 0 radical (unpaired) electrons. The van der Waals surface area contributed by atoms with Crippen LogP contribution in [0.3, 0.4) is 0 Å². The van der Waals surface area contributed by atoms with Crippen molar-refractivity contribution < 1.29 is 19.1 Å². The van der Waals surface area contributed by atoms with Gasteiger partial charge >= 0.3 is 5.97 Å². The Balaban J connectivity index is 2.14. The number of hydrogen-bond donors (Lipinski definition) is 0. The number of ether oxygens (including phenoxy) is 1. The second kappa shape index (κ2) is 5.63. The van der Waals surface area contributed by atoms with Crippen LogP contribution < -0.4 is 0 Å². The van der Waals surface area contributed by atoms with E-state index in [0.29, 0.717) is 44.9 Å². The summed E-state index contributed by atoms with van der Waals surface area (Å²) in [4.78, 5) is 35.5. The van der Waals surface area contributed by atoms with Crippen molar-refractivity contribution in [3.05, 3.63) is 0 Å². The van der Waals surface area contributed by atoms with Gasteiger partial charge in [-0.15, -0.1) is 0 Å². The zero-order valence-corrected chi connectivity index (χ0v) is 10.7. The van der Waals surface area contributed by atoms with E-state index in [1.54, 1.807) is 0 Å². The van der Waals surface area contributed by atoms with Crippen LogP contribution in [0.2, 0.25) is 0 Å². The number of rotatable bonds is 0. The van der Waals surface area contributed by atoms with Gasteiger partial charge in [0.15, 0.2) is 11.4 Å². The van der Waals surface area contributed by atoms with Crippen molar-refractivity contribution in [1.29, 1.82) is 0 Å². The Bertz CT molecular complexity index is 361. The average Bonchev–Trinajstić information content (AvgIpc) is 2.35. The van der Waals surface area contributed by atoms with E-state index in [4.69, 9.17) is 4.74 Å². The second-order valence-corrected chi connectivity index (χ2v) is 5.34. The molecule has 2 rings (SSSR count). The van der Waals surface area contributed by atoms with Gasteiger partial charge in [-0.05, 0) is 32.1 Å². The van der Waals surface area contributed by atoms with Crippen molar-refractivity contribution in [3.8, 4) is 0 Å². The Kier molecular flexibility index (Phi) is 4.15. The number of esters is 1. The third-order valence-corrected chi connectivity index (χ3v) is 3.95. The molecule has 1 atom stereocenters. The highest BCUT2D eigenvalue weighted by atomic mass is 16.6. The van der Waals surface area contributed by atoms with Crippen molar-refractivity contribution in [2.24, 2.45) is 0 Å². The summed E-state index contributed by atoms with van der Waals surface area (Å²) in [7, 11) is 0. The third-order valence-electron chi connectivity index (χ3n) is 3.95. The van der Waals surface area contributed by atoms with E-state index in [1.165, 1.54) is 0 Å². The zero-order chi connectivity index (χ0) is 13.0. The van der Waals surface area contributed by atoms with Gasteiger partial charge in [-0.2, -0.15) is 0 Å². The summed E-state index contributed by atoms with van der Waals surface area (Å²) in [6, 6.07) is 0. The normalized spacial score (nSPS) is 31.2. The summed E-state index contributed by atoms with van der Waals surface area (Å²) in [6.45, 7) is 0. The van der Waals surface area contributed by atoms with Gasteiger partial charge in [0.25, 0.3) is 0 Å². The van der Waals surface area contributed by atoms with Crippen molar-refractivity contribution in [2.45, 2.75) is 69.8 Å². The molecule has 0 amide bonds. The predicted molar refractivity (Wildman–Crippen MR) is 65.0 cm³/mol. The summed E-state index contributed by atoms with van der Waals surface area (Å²) in [6.07, 6.45) is 5.84. The highest BCUT2D eigenvalue weighted by Crippen LogP contribution is 2.34. The van der Waals surface area contributed by atoms with Crippen molar-refractivity contribution in [3.63, 3.8) is 0 Å². The molecule has 0 aromatic heterocycles. The highest BCUT2D eigenvalue weighted by molar-refractivity contribution is 5.91. The van der Waals surface area contributed by atoms with Crippen molar-refractivity contribution in [1.82, 2.24) is 0 Å². The van der Waals surface area contributed by atoms with Crippen LogP contribution in [0.1, 0.15) is 64.2 Å². The smallest absolute Gasteiger partial charge is 0.306 e. The van der Waals surface area contributed by atoms with E-state index in [2.05, 4.69) is 0 Å². The van der Waals surface area contributed by atoms with Gasteiger partial charge in [0.1, 0.15) is 5.78 Å². The van der Waals surface area contributed by atoms with E-state index < -0.39 is 5.60 Å². The van der Waals surface area contributed by atoms with Gasteiger partial charge in [-0.3, -0.25) is 14.4 Å². The summed E-state index contributed by atoms with van der Waals surface area (Å²) >= 11 is 0. The van der Waals surface area contributed by atoms with Gasteiger partial charge in [-0.1, -0.05) is 0 Å². The zero-order valence-electron chi connectivity index (χ0n) is 10.7. The fourth-order valence-electron chi connectivity index (χ4n) is 2.81. The Morgan fingerprint density at radius 3 is 2.28 bits per heavy atom. The van der Waals surface area contributed by atoms with E-state index in [-0.39, 0.29) is 17.5 Å². The first kappa shape index (κ1) is 13.2. The lowest BCUT2D eigenvalue weighted by atomic mass is 9.79. The first-order valence-electron chi connectivity index (χ1n) is 6.89. The number of hydrogen-bond acceptors (Lipinski definition) is 4. The van der Waals surface area contributed by atoms with Gasteiger partial charge in [-0.25, -0.2) is 0 Å². The molecule has 0 unspecified atom stereocenters. The first-order chi connectivity index (χ1) is 8.62. The molecule has 100 valence electrons. The van der Waals surface area contributed by atoms with E-state index >= 15 is 0 Å². The van der Waals surface area contributed by atoms with Crippen LogP contribution in [0.4, 0.5) is 0 Å². The SMILES string of the molecule is O=C1CCCCC(=O)O[C@]2(CCCCC2=O)CC1. The maximum absolute atomic E-state index is 12.1. The van der Waals surface area contributed by atoms with Crippen LogP contribution in [-0.4, -0.2) is 23.1 Å². The fourth-order valence-corrected chi connectivity index (χ4v) is 2.81. The van der Waals surface area contributed by atoms with Crippen molar-refractivity contribution >= 4 is 17.5 Å². The molecule has 1 aliphatic carbocycles. The molecule has 0 bridgehead atoms. The summed E-state index contributed by atoms with van der Waals surface area (Å²) in [5.41, 5.74) is -0.984. The van der Waals surface area contributed by atoms with Crippen LogP contribution in [0, 0.1) is 0 Å². The predicted octanol–water partition coefficient (Wildman–Crippen LogP) is 2.33. The molecular weight excluding hydrogens is 232 g/mol. The van der Waals surface area contributed by atoms with Crippen LogP contribution in [-0.2, 0) is 19.1 Å². The topological polar surface area (TPSA) is 60.4 Å². The number of carbonyl (C=O) groups excluding carboxylic acids is 3. The molecule has 1 saturated heterocycles. The molecule has 1 aliphatic heterocycles. The van der Waals surface area contributed by atoms with E-state index in [0.717, 1.165) is 19.3 Å². The quantitative estimate of drug-likeness (QED) is 0.621. The molecule has 4 nitrogen and oxygen atoms in total. The Morgan fingerprint density at radius 1 is 0.778 bits per heavy atom. The lowest BCUT2D eigenvalue weighted by Crippen LogP contribution is -2.46. The fraction of sp³-hybridized carbons (Fsp3) is 0.786. The molecule has 1 saturated carbocycles. The molecule has 4 heteroatoms. The standard InChI is InChI=1S/C14H20O4/c15-11-5-1-2-7-13(17)18-14(10-8-11)9-4-3-6-12(14)16/h1-10H2/t14-/m1/s1. The van der Waals surface area contributed by atoms with Crippen LogP contribution in [0.25, 0.3) is 0 Å². The largest absolute Gasteiger partial charge is 0.451 e. The van der Waals surface area contributed by atoms with Crippen LogP contribution >= 0.6 is 0 Å². The summed E-state index contributed by atoms with van der Waals surface area (Å²) < 4.78 is 5.48. The molecular formula is C14H20O4. The lowest BCUT2D eigenvalue weighted by molar-refractivity contribution is -0.172. The Hall–Kier alpha value is -1.19. The second-order valence-electron chi connectivity index (χ2n) is 5.34. The molecule has 1 spiro atoms. The molecule has 18 heavy (non-hydrogen) atoms. The van der Waals surface area contributed by atoms with E-state index in [9.17, 15) is 14.4 Å². The number of carbonyl (C=O) groups is 3. The maximum atomic E-state index is 12.1. The third kappa shape index (κ3) is 2.98. The maximum Gasteiger partial charge on any atom is 0.306 e. The Labute approximate surface area is 107 Å². The lowest BCUT2D eigenvalue weighted by Gasteiger charge is -2.35. The molecule has 2 aliphatic rings. The molecule has 1 heterocycles. The van der Waals surface area contributed by atoms with Gasteiger partial charge < -0.3 is 4.74 Å². The van der Waals surface area contributed by atoms with Gasteiger partial charge in [0.2, 0.25) is 0 Å². The average molecular weight is 252 g/mol. The molecule has 0 aromatic rings. The number of Topliss-reactive ketones (excluding diaryl/α,β-unsaturated/α-hetero) is 2. The summed E-state index contributed by atoms with van der Waals surface area (Å²) in [5.74, 6) is -0.0826. The minimum absolute atomic E-state index is 0.00970. The Morgan fingerprint density at radius 2 is 1.50 bits per heavy atom. The minimum atomic E-state index is -0.984.